The van der Waals surface area contributed by atoms with E-state index in [-0.39, 0.29) is 12.1 Å². The van der Waals surface area contributed by atoms with Crippen molar-refractivity contribution in [2.45, 2.75) is 59.5 Å². The molecule has 2 aliphatic carbocycles. The molecule has 4 unspecified atom stereocenters. The van der Waals surface area contributed by atoms with E-state index in [2.05, 4.69) is 26.8 Å². The van der Waals surface area contributed by atoms with Gasteiger partial charge in [-0.3, -0.25) is 4.79 Å². The SMILES string of the molecule is CC(=O)OC1C=C2CCC(C)C(C)C2(C)CC1. The van der Waals surface area contributed by atoms with Gasteiger partial charge in [0.2, 0.25) is 0 Å². The first-order valence-electron chi connectivity index (χ1n) is 6.82. The molecule has 2 nitrogen and oxygen atoms in total. The molecule has 2 aliphatic rings. The Bertz CT molecular complexity index is 345. The van der Waals surface area contributed by atoms with E-state index in [1.165, 1.54) is 25.3 Å². The molecule has 0 radical (unpaired) electrons. The van der Waals surface area contributed by atoms with Crippen LogP contribution in [0.3, 0.4) is 0 Å². The van der Waals surface area contributed by atoms with E-state index in [0.717, 1.165) is 24.7 Å². The molecule has 17 heavy (non-hydrogen) atoms. The summed E-state index contributed by atoms with van der Waals surface area (Å²) in [6.45, 7) is 8.63. The highest BCUT2D eigenvalue weighted by atomic mass is 16.5. The van der Waals surface area contributed by atoms with Gasteiger partial charge in [0.05, 0.1) is 0 Å². The number of esters is 1. The fraction of sp³-hybridized carbons (Fsp3) is 0.800. The molecule has 1 saturated carbocycles. The Morgan fingerprint density at radius 2 is 2.12 bits per heavy atom. The summed E-state index contributed by atoms with van der Waals surface area (Å²) >= 11 is 0. The van der Waals surface area contributed by atoms with Crippen molar-refractivity contribution in [3.8, 4) is 0 Å². The van der Waals surface area contributed by atoms with Gasteiger partial charge in [0.25, 0.3) is 0 Å². The summed E-state index contributed by atoms with van der Waals surface area (Å²) in [5.41, 5.74) is 1.87. The predicted molar refractivity (Wildman–Crippen MR) is 68.5 cm³/mol. The van der Waals surface area contributed by atoms with E-state index >= 15 is 0 Å². The van der Waals surface area contributed by atoms with Gasteiger partial charge >= 0.3 is 5.97 Å². The second kappa shape index (κ2) is 4.47. The molecule has 0 bridgehead atoms. The number of carbonyl (C=O) groups excluding carboxylic acids is 1. The van der Waals surface area contributed by atoms with E-state index in [9.17, 15) is 4.79 Å². The standard InChI is InChI=1S/C15H24O2/c1-10-5-6-13-9-14(17-12(3)16)7-8-15(13,4)11(10)2/h9-11,14H,5-8H2,1-4H3. The molecule has 0 aromatic heterocycles. The molecule has 0 saturated heterocycles. The zero-order chi connectivity index (χ0) is 12.6. The van der Waals surface area contributed by atoms with Crippen LogP contribution in [-0.4, -0.2) is 12.1 Å². The summed E-state index contributed by atoms with van der Waals surface area (Å²) in [4.78, 5) is 11.0. The lowest BCUT2D eigenvalue weighted by atomic mass is 9.57. The van der Waals surface area contributed by atoms with Gasteiger partial charge in [-0.2, -0.15) is 0 Å². The first kappa shape index (κ1) is 12.7. The normalized spacial score (nSPS) is 41.4. The molecule has 0 amide bonds. The van der Waals surface area contributed by atoms with Crippen LogP contribution in [-0.2, 0) is 9.53 Å². The first-order chi connectivity index (χ1) is 7.93. The third kappa shape index (κ3) is 2.27. The Hall–Kier alpha value is -0.790. The molecule has 0 heterocycles. The van der Waals surface area contributed by atoms with Crippen molar-refractivity contribution in [2.24, 2.45) is 17.3 Å². The molecule has 2 rings (SSSR count). The third-order valence-electron chi connectivity index (χ3n) is 5.11. The van der Waals surface area contributed by atoms with Crippen molar-refractivity contribution in [3.63, 3.8) is 0 Å². The summed E-state index contributed by atoms with van der Waals surface area (Å²) in [6, 6.07) is 0. The lowest BCUT2D eigenvalue weighted by Gasteiger charge is -2.48. The van der Waals surface area contributed by atoms with Gasteiger partial charge in [-0.25, -0.2) is 0 Å². The number of rotatable bonds is 1. The highest BCUT2D eigenvalue weighted by molar-refractivity contribution is 5.66. The maximum Gasteiger partial charge on any atom is 0.303 e. The van der Waals surface area contributed by atoms with Gasteiger partial charge in [0, 0.05) is 6.92 Å². The lowest BCUT2D eigenvalue weighted by Crippen LogP contribution is -2.40. The Morgan fingerprint density at radius 1 is 1.41 bits per heavy atom. The van der Waals surface area contributed by atoms with Gasteiger partial charge in [-0.15, -0.1) is 0 Å². The fourth-order valence-corrected chi connectivity index (χ4v) is 3.56. The van der Waals surface area contributed by atoms with Crippen LogP contribution in [0.15, 0.2) is 11.6 Å². The van der Waals surface area contributed by atoms with Crippen LogP contribution < -0.4 is 0 Å². The number of hydrogen-bond donors (Lipinski definition) is 0. The van der Waals surface area contributed by atoms with Crippen molar-refractivity contribution in [3.05, 3.63) is 11.6 Å². The van der Waals surface area contributed by atoms with Gasteiger partial charge in [0.1, 0.15) is 6.10 Å². The van der Waals surface area contributed by atoms with Crippen LogP contribution >= 0.6 is 0 Å². The van der Waals surface area contributed by atoms with E-state index in [1.807, 2.05) is 0 Å². The smallest absolute Gasteiger partial charge is 0.303 e. The van der Waals surface area contributed by atoms with Crippen molar-refractivity contribution >= 4 is 5.97 Å². The molecule has 0 aromatic carbocycles. The topological polar surface area (TPSA) is 26.3 Å². The van der Waals surface area contributed by atoms with E-state index in [4.69, 9.17) is 4.74 Å². The molecule has 2 heteroatoms. The fourth-order valence-electron chi connectivity index (χ4n) is 3.56. The summed E-state index contributed by atoms with van der Waals surface area (Å²) < 4.78 is 5.33. The lowest BCUT2D eigenvalue weighted by molar-refractivity contribution is -0.145. The van der Waals surface area contributed by atoms with Gasteiger partial charge < -0.3 is 4.74 Å². The van der Waals surface area contributed by atoms with E-state index < -0.39 is 0 Å². The van der Waals surface area contributed by atoms with Crippen molar-refractivity contribution < 1.29 is 9.53 Å². The third-order valence-corrected chi connectivity index (χ3v) is 5.11. The van der Waals surface area contributed by atoms with Crippen LogP contribution in [0.5, 0.6) is 0 Å². The Morgan fingerprint density at radius 3 is 2.76 bits per heavy atom. The van der Waals surface area contributed by atoms with Gasteiger partial charge in [0.15, 0.2) is 0 Å². The average molecular weight is 236 g/mol. The van der Waals surface area contributed by atoms with Crippen LogP contribution in [0.1, 0.15) is 53.4 Å². The Labute approximate surface area is 104 Å². The highest BCUT2D eigenvalue weighted by Gasteiger charge is 2.43. The molecule has 1 fully saturated rings. The Kier molecular flexibility index (Phi) is 3.33. The largest absolute Gasteiger partial charge is 0.458 e. The minimum atomic E-state index is -0.160. The van der Waals surface area contributed by atoms with Crippen molar-refractivity contribution in [1.82, 2.24) is 0 Å². The van der Waals surface area contributed by atoms with Crippen molar-refractivity contribution in [1.29, 1.82) is 0 Å². The van der Waals surface area contributed by atoms with E-state index in [1.54, 1.807) is 0 Å². The monoisotopic (exact) mass is 236 g/mol. The van der Waals surface area contributed by atoms with E-state index in [0.29, 0.717) is 5.41 Å². The second-order valence-corrected chi connectivity index (χ2v) is 6.10. The molecule has 0 aromatic rings. The molecule has 0 spiro atoms. The molecule has 0 aliphatic heterocycles. The number of allylic oxidation sites excluding steroid dienone is 1. The first-order valence-corrected chi connectivity index (χ1v) is 6.82. The second-order valence-electron chi connectivity index (χ2n) is 6.10. The molecular formula is C15H24O2. The maximum atomic E-state index is 11.0. The summed E-state index contributed by atoms with van der Waals surface area (Å²) in [6.07, 6.45) is 6.85. The van der Waals surface area contributed by atoms with Crippen LogP contribution in [0.25, 0.3) is 0 Å². The number of hydrogen-bond acceptors (Lipinski definition) is 2. The van der Waals surface area contributed by atoms with Crippen LogP contribution in [0.2, 0.25) is 0 Å². The Balaban J connectivity index is 2.19. The minimum Gasteiger partial charge on any atom is -0.458 e. The summed E-state index contributed by atoms with van der Waals surface area (Å²) in [5, 5.41) is 0. The zero-order valence-corrected chi connectivity index (χ0v) is 11.5. The minimum absolute atomic E-state index is 0.0242. The summed E-state index contributed by atoms with van der Waals surface area (Å²) in [7, 11) is 0. The maximum absolute atomic E-state index is 11.0. The predicted octanol–water partition coefficient (Wildman–Crippen LogP) is 3.71. The quantitative estimate of drug-likeness (QED) is 0.512. The van der Waals surface area contributed by atoms with Gasteiger partial charge in [-0.1, -0.05) is 26.3 Å². The van der Waals surface area contributed by atoms with Crippen molar-refractivity contribution in [2.75, 3.05) is 0 Å². The number of carbonyl (C=O) groups is 1. The number of fused-ring (bicyclic) bond motifs is 1. The molecule has 4 atom stereocenters. The van der Waals surface area contributed by atoms with Crippen LogP contribution in [0.4, 0.5) is 0 Å². The van der Waals surface area contributed by atoms with Gasteiger partial charge in [-0.05, 0) is 49.0 Å². The zero-order valence-electron chi connectivity index (χ0n) is 11.5. The molecule has 96 valence electrons. The molecule has 0 N–H and O–H groups in total. The average Bonchev–Trinajstić information content (AvgIpc) is 2.26. The summed E-state index contributed by atoms with van der Waals surface area (Å²) in [5.74, 6) is 1.39. The highest BCUT2D eigenvalue weighted by Crippen LogP contribution is 2.52. The molecular weight excluding hydrogens is 212 g/mol. The van der Waals surface area contributed by atoms with Crippen LogP contribution in [0, 0.1) is 17.3 Å². The number of ether oxygens (including phenoxy) is 1.